The molecule has 1 aromatic rings. The number of piperazine rings is 1. The molecule has 90 valence electrons. The van der Waals surface area contributed by atoms with Crippen molar-refractivity contribution in [3.05, 3.63) is 17.5 Å². The smallest absolute Gasteiger partial charge is 0.0537 e. The predicted molar refractivity (Wildman–Crippen MR) is 65.3 cm³/mol. The molecule has 0 radical (unpaired) electrons. The summed E-state index contributed by atoms with van der Waals surface area (Å²) < 4.78 is 1.95. The maximum absolute atomic E-state index is 4.30. The van der Waals surface area contributed by atoms with Gasteiger partial charge in [-0.25, -0.2) is 0 Å². The molecule has 4 heteroatoms. The second kappa shape index (κ2) is 4.18. The summed E-state index contributed by atoms with van der Waals surface area (Å²) in [6, 6.07) is 0. The molecule has 1 N–H and O–H groups in total. The van der Waals surface area contributed by atoms with Gasteiger partial charge in [-0.3, -0.25) is 9.58 Å². The van der Waals surface area contributed by atoms with Gasteiger partial charge < -0.3 is 5.32 Å². The molecule has 0 unspecified atom stereocenters. The molecule has 0 aromatic carbocycles. The number of hydrogen-bond donors (Lipinski definition) is 1. The van der Waals surface area contributed by atoms with Gasteiger partial charge in [0.25, 0.3) is 0 Å². The Morgan fingerprint density at radius 3 is 2.81 bits per heavy atom. The lowest BCUT2D eigenvalue weighted by atomic mass is 9.99. The van der Waals surface area contributed by atoms with Gasteiger partial charge in [0, 0.05) is 50.0 Å². The Hall–Kier alpha value is -0.870. The van der Waals surface area contributed by atoms with Gasteiger partial charge in [0.1, 0.15) is 0 Å². The fraction of sp³-hybridized carbons (Fsp3) is 0.750. The summed E-state index contributed by atoms with van der Waals surface area (Å²) >= 11 is 0. The van der Waals surface area contributed by atoms with E-state index in [9.17, 15) is 0 Å². The first kappa shape index (κ1) is 11.6. The van der Waals surface area contributed by atoms with Gasteiger partial charge >= 0.3 is 0 Å². The van der Waals surface area contributed by atoms with Crippen molar-refractivity contribution in [1.82, 2.24) is 20.0 Å². The Labute approximate surface area is 97.6 Å². The molecule has 1 saturated heterocycles. The van der Waals surface area contributed by atoms with E-state index in [2.05, 4.69) is 36.1 Å². The molecule has 2 heterocycles. The largest absolute Gasteiger partial charge is 0.314 e. The molecule has 1 fully saturated rings. The van der Waals surface area contributed by atoms with Crippen LogP contribution in [-0.4, -0.2) is 39.9 Å². The van der Waals surface area contributed by atoms with Crippen LogP contribution in [0.1, 0.15) is 25.1 Å². The van der Waals surface area contributed by atoms with Crippen LogP contribution in [0.3, 0.4) is 0 Å². The van der Waals surface area contributed by atoms with Gasteiger partial charge in [0.2, 0.25) is 0 Å². The Kier molecular flexibility index (Phi) is 3.04. The molecule has 1 aliphatic heterocycles. The van der Waals surface area contributed by atoms with Gasteiger partial charge in [0.05, 0.1) is 6.20 Å². The van der Waals surface area contributed by atoms with Crippen molar-refractivity contribution in [3.8, 4) is 0 Å². The van der Waals surface area contributed by atoms with Crippen molar-refractivity contribution in [2.75, 3.05) is 19.6 Å². The quantitative estimate of drug-likeness (QED) is 0.807. The third kappa shape index (κ3) is 2.13. The SMILES string of the molecule is Cc1c(CN2CCNCC2(C)C)cnn1C. The summed E-state index contributed by atoms with van der Waals surface area (Å²) in [6.45, 7) is 11.0. The maximum atomic E-state index is 4.30. The third-order valence-corrected chi connectivity index (χ3v) is 3.67. The summed E-state index contributed by atoms with van der Waals surface area (Å²) in [7, 11) is 2.00. The standard InChI is InChI=1S/C12H22N4/c1-10-11(7-14-15(10)4)8-16-6-5-13-9-12(16,2)3/h7,13H,5-6,8-9H2,1-4H3. The average molecular weight is 222 g/mol. The molecular weight excluding hydrogens is 200 g/mol. The van der Waals surface area contributed by atoms with E-state index in [0.717, 1.165) is 26.2 Å². The number of hydrogen-bond acceptors (Lipinski definition) is 3. The van der Waals surface area contributed by atoms with Gasteiger partial charge in [0.15, 0.2) is 0 Å². The zero-order valence-electron chi connectivity index (χ0n) is 10.7. The van der Waals surface area contributed by atoms with Crippen molar-refractivity contribution in [3.63, 3.8) is 0 Å². The molecule has 0 atom stereocenters. The summed E-state index contributed by atoms with van der Waals surface area (Å²) in [5, 5.41) is 7.75. The number of aromatic nitrogens is 2. The van der Waals surface area contributed by atoms with Crippen molar-refractivity contribution >= 4 is 0 Å². The Morgan fingerprint density at radius 1 is 1.50 bits per heavy atom. The average Bonchev–Trinajstić information content (AvgIpc) is 2.53. The first-order chi connectivity index (χ1) is 7.50. The predicted octanol–water partition coefficient (Wildman–Crippen LogP) is 0.912. The minimum atomic E-state index is 0.237. The van der Waals surface area contributed by atoms with E-state index in [0.29, 0.717) is 0 Å². The third-order valence-electron chi connectivity index (χ3n) is 3.67. The second-order valence-corrected chi connectivity index (χ2v) is 5.29. The van der Waals surface area contributed by atoms with Gasteiger partial charge in [-0.15, -0.1) is 0 Å². The lowest BCUT2D eigenvalue weighted by Crippen LogP contribution is -2.57. The highest BCUT2D eigenvalue weighted by Crippen LogP contribution is 2.20. The molecular formula is C12H22N4. The van der Waals surface area contributed by atoms with Gasteiger partial charge in [-0.1, -0.05) is 0 Å². The van der Waals surface area contributed by atoms with Crippen LogP contribution in [-0.2, 0) is 13.6 Å². The van der Waals surface area contributed by atoms with Crippen LogP contribution in [0.2, 0.25) is 0 Å². The molecule has 0 amide bonds. The zero-order valence-corrected chi connectivity index (χ0v) is 10.7. The summed E-state index contributed by atoms with van der Waals surface area (Å²) in [5.74, 6) is 0. The molecule has 0 bridgehead atoms. The number of nitrogens with one attached hydrogen (secondary N) is 1. The van der Waals surface area contributed by atoms with E-state index in [1.807, 2.05) is 17.9 Å². The number of aryl methyl sites for hydroxylation is 1. The number of rotatable bonds is 2. The van der Waals surface area contributed by atoms with E-state index in [1.54, 1.807) is 0 Å². The molecule has 16 heavy (non-hydrogen) atoms. The molecule has 2 rings (SSSR count). The Bertz CT molecular complexity index is 367. The van der Waals surface area contributed by atoms with Crippen molar-refractivity contribution in [1.29, 1.82) is 0 Å². The zero-order chi connectivity index (χ0) is 11.8. The molecule has 0 aliphatic carbocycles. The first-order valence-electron chi connectivity index (χ1n) is 5.94. The molecule has 4 nitrogen and oxygen atoms in total. The van der Waals surface area contributed by atoms with Crippen LogP contribution in [0.4, 0.5) is 0 Å². The molecule has 0 spiro atoms. The molecule has 0 saturated carbocycles. The highest BCUT2D eigenvalue weighted by molar-refractivity contribution is 5.16. The van der Waals surface area contributed by atoms with Crippen molar-refractivity contribution < 1.29 is 0 Å². The minimum Gasteiger partial charge on any atom is -0.314 e. The van der Waals surface area contributed by atoms with E-state index < -0.39 is 0 Å². The summed E-state index contributed by atoms with van der Waals surface area (Å²) in [4.78, 5) is 2.54. The van der Waals surface area contributed by atoms with Crippen LogP contribution in [0.5, 0.6) is 0 Å². The van der Waals surface area contributed by atoms with Gasteiger partial charge in [-0.05, 0) is 20.8 Å². The van der Waals surface area contributed by atoms with Crippen LogP contribution in [0.15, 0.2) is 6.20 Å². The second-order valence-electron chi connectivity index (χ2n) is 5.29. The lowest BCUT2D eigenvalue weighted by Gasteiger charge is -2.42. The number of nitrogens with zero attached hydrogens (tertiary/aromatic N) is 3. The van der Waals surface area contributed by atoms with E-state index in [-0.39, 0.29) is 5.54 Å². The fourth-order valence-corrected chi connectivity index (χ4v) is 2.22. The van der Waals surface area contributed by atoms with E-state index in [4.69, 9.17) is 0 Å². The topological polar surface area (TPSA) is 33.1 Å². The molecule has 1 aromatic heterocycles. The Balaban J connectivity index is 2.11. The highest BCUT2D eigenvalue weighted by atomic mass is 15.3. The van der Waals surface area contributed by atoms with Crippen LogP contribution in [0, 0.1) is 6.92 Å². The van der Waals surface area contributed by atoms with Crippen LogP contribution < -0.4 is 5.32 Å². The monoisotopic (exact) mass is 222 g/mol. The van der Waals surface area contributed by atoms with Crippen LogP contribution in [0.25, 0.3) is 0 Å². The Morgan fingerprint density at radius 2 is 2.25 bits per heavy atom. The minimum absolute atomic E-state index is 0.237. The van der Waals surface area contributed by atoms with Crippen molar-refractivity contribution in [2.24, 2.45) is 7.05 Å². The molecule has 1 aliphatic rings. The van der Waals surface area contributed by atoms with Gasteiger partial charge in [-0.2, -0.15) is 5.10 Å². The fourth-order valence-electron chi connectivity index (χ4n) is 2.22. The normalized spacial score (nSPS) is 21.2. The summed E-state index contributed by atoms with van der Waals surface area (Å²) in [5.41, 5.74) is 2.85. The van der Waals surface area contributed by atoms with Crippen molar-refractivity contribution in [2.45, 2.75) is 32.9 Å². The lowest BCUT2D eigenvalue weighted by molar-refractivity contribution is 0.0825. The summed E-state index contributed by atoms with van der Waals surface area (Å²) in [6.07, 6.45) is 1.99. The van der Waals surface area contributed by atoms with Crippen LogP contribution >= 0.6 is 0 Å². The highest BCUT2D eigenvalue weighted by Gasteiger charge is 2.29. The van der Waals surface area contributed by atoms with E-state index in [1.165, 1.54) is 11.3 Å². The first-order valence-corrected chi connectivity index (χ1v) is 5.94. The van der Waals surface area contributed by atoms with E-state index >= 15 is 0 Å². The maximum Gasteiger partial charge on any atom is 0.0537 e.